The molecular weight excluding hydrogens is 120 g/mol. The van der Waals surface area contributed by atoms with Crippen molar-refractivity contribution in [2.24, 2.45) is 5.73 Å². The van der Waals surface area contributed by atoms with Gasteiger partial charge in [-0.05, 0) is 12.3 Å². The summed E-state index contributed by atoms with van der Waals surface area (Å²) in [4.78, 5) is 0.705. The van der Waals surface area contributed by atoms with Crippen molar-refractivity contribution in [1.29, 1.82) is 0 Å². The third-order valence-electron chi connectivity index (χ3n) is 0.958. The van der Waals surface area contributed by atoms with Gasteiger partial charge in [-0.1, -0.05) is 0 Å². The summed E-state index contributed by atoms with van der Waals surface area (Å²) < 4.78 is 0. The van der Waals surface area contributed by atoms with Crippen molar-refractivity contribution in [3.63, 3.8) is 0 Å². The smallest absolute Gasteiger partial charge is 0.0347 e. The number of hydrogen-bond donors (Lipinski definition) is 2. The van der Waals surface area contributed by atoms with Gasteiger partial charge in [-0.25, -0.2) is 0 Å². The number of hydrogen-bond acceptors (Lipinski definition) is 3. The van der Waals surface area contributed by atoms with Crippen LogP contribution in [-0.2, 0) is 12.6 Å². The lowest BCUT2D eigenvalue weighted by Crippen LogP contribution is -2.15. The first-order valence-corrected chi connectivity index (χ1v) is 2.78. The third kappa shape index (κ3) is 0.924. The number of nitrogens with two attached hydrogens (primary N) is 1. The summed E-state index contributed by atoms with van der Waals surface area (Å²) in [7, 11) is 0. The van der Waals surface area contributed by atoms with Gasteiger partial charge >= 0.3 is 0 Å². The van der Waals surface area contributed by atoms with Gasteiger partial charge in [-0.2, -0.15) is 0 Å². The lowest BCUT2D eigenvalue weighted by molar-refractivity contribution is 0.950. The largest absolute Gasteiger partial charge is 0.776 e. The van der Waals surface area contributed by atoms with Crippen LogP contribution in [0.25, 0.3) is 0 Å². The van der Waals surface area contributed by atoms with E-state index >= 15 is 0 Å². The van der Waals surface area contributed by atoms with Gasteiger partial charge in [0.15, 0.2) is 0 Å². The van der Waals surface area contributed by atoms with Crippen molar-refractivity contribution < 1.29 is 0 Å². The molecule has 0 aromatic rings. The van der Waals surface area contributed by atoms with E-state index in [1.165, 1.54) is 0 Å². The highest BCUT2D eigenvalue weighted by Crippen LogP contribution is 2.01. The molecule has 0 saturated heterocycles. The van der Waals surface area contributed by atoms with Crippen LogP contribution in [0.15, 0.2) is 22.9 Å². The van der Waals surface area contributed by atoms with E-state index in [0.29, 0.717) is 10.6 Å². The van der Waals surface area contributed by atoms with E-state index in [0.717, 1.165) is 6.54 Å². The van der Waals surface area contributed by atoms with Gasteiger partial charge in [0.05, 0.1) is 0 Å². The third-order valence-corrected chi connectivity index (χ3v) is 1.31. The highest BCUT2D eigenvalue weighted by molar-refractivity contribution is 7.63. The van der Waals surface area contributed by atoms with Gasteiger partial charge in [-0.3, -0.25) is 0 Å². The van der Waals surface area contributed by atoms with Crippen LogP contribution < -0.4 is 11.1 Å². The van der Waals surface area contributed by atoms with Gasteiger partial charge in [0.1, 0.15) is 0 Å². The van der Waals surface area contributed by atoms with Gasteiger partial charge < -0.3 is 23.7 Å². The Morgan fingerprint density at radius 1 is 1.75 bits per heavy atom. The minimum atomic E-state index is 0.705. The lowest BCUT2D eigenvalue weighted by Gasteiger charge is -2.17. The Hall–Kier alpha value is -0.700. The van der Waals surface area contributed by atoms with E-state index < -0.39 is 0 Å². The molecule has 0 fully saturated rings. The average Bonchev–Trinajstić information content (AvgIpc) is 1.77. The molecule has 8 heavy (non-hydrogen) atoms. The number of rotatable bonds is 0. The van der Waals surface area contributed by atoms with E-state index in [4.69, 9.17) is 18.4 Å². The van der Waals surface area contributed by atoms with Gasteiger partial charge in [0, 0.05) is 12.2 Å². The Labute approximate surface area is 53.9 Å². The monoisotopic (exact) mass is 127 g/mol. The Bertz CT molecular complexity index is 131. The predicted octanol–water partition coefficient (Wildman–Crippen LogP) is -0.179. The molecule has 0 aromatic carbocycles. The molecular formula is C5H7N2S-. The molecule has 3 heteroatoms. The molecule has 0 amide bonds. The van der Waals surface area contributed by atoms with Gasteiger partial charge in [0.25, 0.3) is 0 Å². The molecule has 1 heterocycles. The molecule has 44 valence electrons. The Morgan fingerprint density at radius 2 is 2.50 bits per heavy atom. The molecule has 1 rings (SSSR count). The standard InChI is InChI=1S/C5H8N2S/c6-4-1-2-7-3-5(4)8/h1,3,7-8H,2,6H2/p-1. The molecule has 0 atom stereocenters. The second kappa shape index (κ2) is 2.05. The van der Waals surface area contributed by atoms with Gasteiger partial charge in [-0.15, -0.1) is 4.91 Å². The van der Waals surface area contributed by atoms with E-state index in [1.807, 2.05) is 6.08 Å². The Balaban J connectivity index is 2.73. The van der Waals surface area contributed by atoms with Crippen molar-refractivity contribution in [3.8, 4) is 0 Å². The van der Waals surface area contributed by atoms with E-state index in [1.54, 1.807) is 6.20 Å². The van der Waals surface area contributed by atoms with Crippen molar-refractivity contribution in [2.45, 2.75) is 0 Å². The maximum Gasteiger partial charge on any atom is 0.0347 e. The van der Waals surface area contributed by atoms with Crippen LogP contribution in [0, 0.1) is 0 Å². The first-order valence-electron chi connectivity index (χ1n) is 2.37. The number of dihydropyridines is 1. The quantitative estimate of drug-likeness (QED) is 0.443. The summed E-state index contributed by atoms with van der Waals surface area (Å²) in [6.45, 7) is 0.798. The zero-order chi connectivity index (χ0) is 5.98. The lowest BCUT2D eigenvalue weighted by atomic mass is 10.3. The summed E-state index contributed by atoms with van der Waals surface area (Å²) in [6.07, 6.45) is 3.60. The second-order valence-electron chi connectivity index (χ2n) is 1.58. The zero-order valence-electron chi connectivity index (χ0n) is 4.35. The van der Waals surface area contributed by atoms with E-state index in [-0.39, 0.29) is 0 Å². The molecule has 0 aliphatic carbocycles. The molecule has 1 aliphatic rings. The first kappa shape index (κ1) is 5.44. The van der Waals surface area contributed by atoms with Crippen molar-refractivity contribution in [2.75, 3.05) is 6.54 Å². The van der Waals surface area contributed by atoms with Crippen molar-refractivity contribution >= 4 is 12.6 Å². The fraction of sp³-hybridized carbons (Fsp3) is 0.200. The van der Waals surface area contributed by atoms with Crippen LogP contribution in [0.4, 0.5) is 0 Å². The first-order chi connectivity index (χ1) is 3.80. The molecule has 0 saturated carbocycles. The highest BCUT2D eigenvalue weighted by atomic mass is 32.1. The summed E-state index contributed by atoms with van der Waals surface area (Å²) in [5.41, 5.74) is 6.13. The maximum atomic E-state index is 5.43. The minimum Gasteiger partial charge on any atom is -0.776 e. The Morgan fingerprint density at radius 3 is 2.88 bits per heavy atom. The van der Waals surface area contributed by atoms with Crippen LogP contribution in [0.1, 0.15) is 0 Å². The molecule has 0 unspecified atom stereocenters. The predicted molar refractivity (Wildman–Crippen MR) is 35.7 cm³/mol. The van der Waals surface area contributed by atoms with E-state index in [2.05, 4.69) is 5.32 Å². The minimum absolute atomic E-state index is 0.705. The fourth-order valence-electron chi connectivity index (χ4n) is 0.504. The summed E-state index contributed by atoms with van der Waals surface area (Å²) in [5.74, 6) is 0. The maximum absolute atomic E-state index is 5.43. The normalized spacial score (nSPS) is 18.5. The van der Waals surface area contributed by atoms with Crippen LogP contribution in [0.3, 0.4) is 0 Å². The summed E-state index contributed by atoms with van der Waals surface area (Å²) in [6, 6.07) is 0. The molecule has 0 aromatic heterocycles. The summed E-state index contributed by atoms with van der Waals surface area (Å²) >= 11 is 4.82. The van der Waals surface area contributed by atoms with Crippen LogP contribution >= 0.6 is 0 Å². The number of nitrogens with one attached hydrogen (secondary N) is 1. The molecule has 0 bridgehead atoms. The highest BCUT2D eigenvalue weighted by Gasteiger charge is 1.88. The zero-order valence-corrected chi connectivity index (χ0v) is 5.16. The Kier molecular flexibility index (Phi) is 1.39. The fourth-order valence-corrected chi connectivity index (χ4v) is 0.671. The topological polar surface area (TPSA) is 38.0 Å². The molecule has 2 nitrogen and oxygen atoms in total. The molecule has 1 aliphatic heterocycles. The van der Waals surface area contributed by atoms with Crippen LogP contribution in [0.5, 0.6) is 0 Å². The molecule has 0 spiro atoms. The van der Waals surface area contributed by atoms with Crippen LogP contribution in [-0.4, -0.2) is 6.54 Å². The second-order valence-corrected chi connectivity index (χ2v) is 2.02. The van der Waals surface area contributed by atoms with E-state index in [9.17, 15) is 0 Å². The van der Waals surface area contributed by atoms with Crippen molar-refractivity contribution in [1.82, 2.24) is 5.32 Å². The molecule has 3 N–H and O–H groups in total. The molecule has 0 radical (unpaired) electrons. The van der Waals surface area contributed by atoms with Gasteiger partial charge in [0.2, 0.25) is 0 Å². The van der Waals surface area contributed by atoms with Crippen LogP contribution in [0.2, 0.25) is 0 Å². The summed E-state index contributed by atoms with van der Waals surface area (Å²) in [5, 5.41) is 2.94. The SMILES string of the molecule is NC1=CCNC=C1[S-]. The van der Waals surface area contributed by atoms with Crippen molar-refractivity contribution in [3.05, 3.63) is 22.9 Å². The average molecular weight is 127 g/mol.